The van der Waals surface area contributed by atoms with E-state index in [1.165, 1.54) is 0 Å². The number of halogens is 6. The minimum Gasteiger partial charge on any atom is -0.435 e. The van der Waals surface area contributed by atoms with Crippen LogP contribution in [-0.2, 0) is 33.8 Å². The molecular weight excluding hydrogens is 448 g/mol. The summed E-state index contributed by atoms with van der Waals surface area (Å²) in [6, 6.07) is 0. The summed E-state index contributed by atoms with van der Waals surface area (Å²) in [4.78, 5) is 12.8. The van der Waals surface area contributed by atoms with Crippen molar-refractivity contribution in [3.8, 4) is 0 Å². The first-order valence-corrected chi connectivity index (χ1v) is 10.9. The molecule has 1 rings (SSSR count). The number of carbonyl (C=O) groups excluding carboxylic acids is 1. The van der Waals surface area contributed by atoms with Crippen LogP contribution < -0.4 is 10.9 Å². The first-order valence-electron chi connectivity index (χ1n) is 9.34. The van der Waals surface area contributed by atoms with E-state index in [0.717, 1.165) is 5.56 Å². The molecule has 0 aromatic heterocycles. The SMILES string of the molecule is BCc1c(B)c(CB)c(C(=O)OC(CS(=O)(=O)O)(C(F)(F)F)C(F)(F)F)c(CB)c1B. The Morgan fingerprint density at radius 1 is 0.839 bits per heavy atom. The van der Waals surface area contributed by atoms with Crippen molar-refractivity contribution in [3.05, 3.63) is 22.3 Å². The molecule has 0 radical (unpaired) electrons. The Balaban J connectivity index is 3.89. The summed E-state index contributed by atoms with van der Waals surface area (Å²) in [5.41, 5.74) is -3.58. The summed E-state index contributed by atoms with van der Waals surface area (Å²) in [7, 11) is 2.31. The molecular formula is C14H19B5F6O5S. The average Bonchev–Trinajstić information content (AvgIpc) is 2.57. The lowest BCUT2D eigenvalue weighted by Crippen LogP contribution is -2.63. The Hall–Kier alpha value is -1.50. The van der Waals surface area contributed by atoms with Crippen molar-refractivity contribution >= 4 is 66.2 Å². The van der Waals surface area contributed by atoms with E-state index in [1.54, 1.807) is 31.4 Å². The molecule has 0 saturated heterocycles. The maximum atomic E-state index is 13.5. The van der Waals surface area contributed by atoms with Gasteiger partial charge in [0.15, 0.2) is 0 Å². The second-order valence-electron chi connectivity index (χ2n) is 7.06. The van der Waals surface area contributed by atoms with E-state index in [2.05, 4.69) is 4.74 Å². The first kappa shape index (κ1) is 27.5. The molecule has 0 atom stereocenters. The minimum atomic E-state index is -6.37. The fourth-order valence-corrected chi connectivity index (χ4v) is 4.70. The second-order valence-corrected chi connectivity index (χ2v) is 8.51. The van der Waals surface area contributed by atoms with E-state index >= 15 is 0 Å². The molecule has 1 N–H and O–H groups in total. The van der Waals surface area contributed by atoms with Gasteiger partial charge in [-0.2, -0.15) is 34.8 Å². The molecule has 0 bridgehead atoms. The summed E-state index contributed by atoms with van der Waals surface area (Å²) < 4.78 is 116. The molecule has 5 nitrogen and oxygen atoms in total. The Morgan fingerprint density at radius 3 is 1.45 bits per heavy atom. The van der Waals surface area contributed by atoms with Gasteiger partial charge in [0.25, 0.3) is 10.1 Å². The van der Waals surface area contributed by atoms with Crippen molar-refractivity contribution in [1.29, 1.82) is 0 Å². The molecule has 0 unspecified atom stereocenters. The van der Waals surface area contributed by atoms with Crippen molar-refractivity contribution in [2.24, 2.45) is 0 Å². The molecule has 0 spiro atoms. The van der Waals surface area contributed by atoms with E-state index in [4.69, 9.17) is 4.55 Å². The maximum Gasteiger partial charge on any atom is 0.438 e. The van der Waals surface area contributed by atoms with Crippen LogP contribution in [0.2, 0.25) is 0 Å². The predicted molar refractivity (Wildman–Crippen MR) is 116 cm³/mol. The Kier molecular flexibility index (Phi) is 8.14. The third-order valence-electron chi connectivity index (χ3n) is 5.25. The van der Waals surface area contributed by atoms with Crippen molar-refractivity contribution in [2.75, 3.05) is 5.75 Å². The number of alkyl halides is 6. The van der Waals surface area contributed by atoms with E-state index < -0.39 is 45.4 Å². The number of esters is 1. The average molecular weight is 467 g/mol. The van der Waals surface area contributed by atoms with Crippen LogP contribution in [0.1, 0.15) is 27.0 Å². The summed E-state index contributed by atoms with van der Waals surface area (Å²) >= 11 is 0. The lowest BCUT2D eigenvalue weighted by molar-refractivity contribution is -0.356. The summed E-state index contributed by atoms with van der Waals surface area (Å²) in [6.07, 6.45) is -12.0. The Labute approximate surface area is 180 Å². The fourth-order valence-electron chi connectivity index (χ4n) is 3.80. The number of hydrogen-bond acceptors (Lipinski definition) is 4. The van der Waals surface area contributed by atoms with Crippen molar-refractivity contribution in [3.63, 3.8) is 0 Å². The van der Waals surface area contributed by atoms with Crippen molar-refractivity contribution in [2.45, 2.75) is 36.9 Å². The molecule has 31 heavy (non-hydrogen) atoms. The highest BCUT2D eigenvalue weighted by molar-refractivity contribution is 7.85. The summed E-state index contributed by atoms with van der Waals surface area (Å²) in [5.74, 6) is -4.87. The number of benzene rings is 1. The zero-order valence-electron chi connectivity index (χ0n) is 17.6. The van der Waals surface area contributed by atoms with Crippen LogP contribution in [0, 0.1) is 0 Å². The van der Waals surface area contributed by atoms with Gasteiger partial charge in [-0.3, -0.25) is 4.55 Å². The first-order chi connectivity index (χ1) is 13.9. The number of hydrogen-bond donors (Lipinski definition) is 1. The normalized spacial score (nSPS) is 13.3. The van der Waals surface area contributed by atoms with E-state index in [9.17, 15) is 39.6 Å². The van der Waals surface area contributed by atoms with Gasteiger partial charge >= 0.3 is 23.9 Å². The quantitative estimate of drug-likeness (QED) is 0.195. The van der Waals surface area contributed by atoms with Crippen LogP contribution in [0.25, 0.3) is 0 Å². The molecule has 1 aromatic carbocycles. The molecule has 168 valence electrons. The predicted octanol–water partition coefficient (Wildman–Crippen LogP) is -3.49. The number of rotatable bonds is 7. The smallest absolute Gasteiger partial charge is 0.435 e. The van der Waals surface area contributed by atoms with Gasteiger partial charge in [-0.15, -0.1) is 0 Å². The van der Waals surface area contributed by atoms with Crippen LogP contribution >= 0.6 is 0 Å². The van der Waals surface area contributed by atoms with Gasteiger partial charge in [0.2, 0.25) is 0 Å². The highest BCUT2D eigenvalue weighted by Crippen LogP contribution is 2.47. The monoisotopic (exact) mass is 468 g/mol. The third-order valence-corrected chi connectivity index (χ3v) is 6.02. The van der Waals surface area contributed by atoms with Crippen LogP contribution in [0.3, 0.4) is 0 Å². The van der Waals surface area contributed by atoms with Crippen LogP contribution in [0.4, 0.5) is 26.3 Å². The third kappa shape index (κ3) is 5.29. The topological polar surface area (TPSA) is 80.7 Å². The standard InChI is InChI=1S/C14H19B5F6O5S/c15-1-5-8(6(2-16)10(19)7(3-17)9(5)18)11(26)30-12(13(20,21)22,14(23,24)25)4-31(27,28)29/h1-4,15-19H2,(H,27,28,29). The highest BCUT2D eigenvalue weighted by atomic mass is 32.2. The summed E-state index contributed by atoms with van der Waals surface area (Å²) in [5, 5.41) is 0. The van der Waals surface area contributed by atoms with Gasteiger partial charge in [-0.25, -0.2) is 4.79 Å². The van der Waals surface area contributed by atoms with Gasteiger partial charge in [0, 0.05) is 0 Å². The van der Waals surface area contributed by atoms with Gasteiger partial charge in [-0.1, -0.05) is 35.4 Å². The lowest BCUT2D eigenvalue weighted by atomic mass is 9.66. The lowest BCUT2D eigenvalue weighted by Gasteiger charge is -2.36. The van der Waals surface area contributed by atoms with Crippen LogP contribution in [0.15, 0.2) is 0 Å². The van der Waals surface area contributed by atoms with E-state index in [-0.39, 0.29) is 23.8 Å². The van der Waals surface area contributed by atoms with E-state index in [1.807, 2.05) is 7.85 Å². The summed E-state index contributed by atoms with van der Waals surface area (Å²) in [6.45, 7) is 0. The van der Waals surface area contributed by atoms with Gasteiger partial charge in [-0.05, 0) is 11.1 Å². The molecule has 0 fully saturated rings. The van der Waals surface area contributed by atoms with E-state index in [0.29, 0.717) is 17.2 Å². The maximum absolute atomic E-state index is 13.5. The van der Waals surface area contributed by atoms with Crippen LogP contribution in [-0.4, -0.2) is 81.9 Å². The zero-order valence-corrected chi connectivity index (χ0v) is 18.4. The van der Waals surface area contributed by atoms with Gasteiger partial charge in [0.05, 0.1) is 5.56 Å². The second kappa shape index (κ2) is 9.17. The van der Waals surface area contributed by atoms with Crippen molar-refractivity contribution in [1.82, 2.24) is 0 Å². The van der Waals surface area contributed by atoms with Gasteiger partial charge in [0.1, 0.15) is 45.0 Å². The molecule has 0 aliphatic heterocycles. The molecule has 0 aliphatic carbocycles. The molecule has 0 amide bonds. The van der Waals surface area contributed by atoms with Crippen molar-refractivity contribution < 1.29 is 48.8 Å². The number of carbonyl (C=O) groups is 1. The largest absolute Gasteiger partial charge is 0.438 e. The molecule has 0 aliphatic rings. The number of ether oxygens (including phenoxy) is 1. The molecule has 17 heteroatoms. The van der Waals surface area contributed by atoms with Gasteiger partial charge < -0.3 is 4.74 Å². The zero-order chi connectivity index (χ0) is 24.6. The fraction of sp³-hybridized carbons (Fsp3) is 0.500. The molecule has 1 aromatic rings. The molecule has 0 heterocycles. The van der Waals surface area contributed by atoms with Crippen LogP contribution in [0.5, 0.6) is 0 Å². The minimum absolute atomic E-state index is 0.111. The highest BCUT2D eigenvalue weighted by Gasteiger charge is 2.76. The Morgan fingerprint density at radius 2 is 1.19 bits per heavy atom. The molecule has 0 saturated carbocycles. The Bertz CT molecular complexity index is 919.